The number of nitrogens with zero attached hydrogens (tertiary/aromatic N) is 3. The molecule has 0 atom stereocenters. The molecule has 5 heteroatoms. The van der Waals surface area contributed by atoms with Crippen LogP contribution in [0.25, 0.3) is 5.69 Å². The van der Waals surface area contributed by atoms with Crippen molar-refractivity contribution in [2.75, 3.05) is 0 Å². The largest absolute Gasteiger partial charge is 0.456 e. The van der Waals surface area contributed by atoms with Crippen LogP contribution < -0.4 is 0 Å². The highest BCUT2D eigenvalue weighted by atomic mass is 16.5. The first kappa shape index (κ1) is 17.9. The number of hydrogen-bond acceptors (Lipinski definition) is 4. The molecule has 0 radical (unpaired) electrons. The minimum Gasteiger partial charge on any atom is -0.456 e. The minimum absolute atomic E-state index is 0.224. The molecular weight excluding hydrogens is 326 g/mol. The first-order valence-corrected chi connectivity index (χ1v) is 8.60. The summed E-state index contributed by atoms with van der Waals surface area (Å²) in [6, 6.07) is 12.1. The summed E-state index contributed by atoms with van der Waals surface area (Å²) in [6.45, 7) is 10.2. The number of esters is 1. The van der Waals surface area contributed by atoms with Crippen LogP contribution in [0, 0.1) is 34.6 Å². The summed E-state index contributed by atoms with van der Waals surface area (Å²) in [4.78, 5) is 12.5. The van der Waals surface area contributed by atoms with Crippen LogP contribution in [0.4, 0.5) is 0 Å². The summed E-state index contributed by atoms with van der Waals surface area (Å²) >= 11 is 0. The highest BCUT2D eigenvalue weighted by Gasteiger charge is 2.19. The summed E-state index contributed by atoms with van der Waals surface area (Å²) in [5.74, 6) is -0.460. The van der Waals surface area contributed by atoms with Crippen molar-refractivity contribution >= 4 is 5.97 Å². The summed E-state index contributed by atoms with van der Waals surface area (Å²) < 4.78 is 7.14. The van der Waals surface area contributed by atoms with Gasteiger partial charge in [0.05, 0.1) is 11.4 Å². The van der Waals surface area contributed by atoms with E-state index in [-0.39, 0.29) is 12.3 Å². The van der Waals surface area contributed by atoms with Crippen LogP contribution in [0.5, 0.6) is 0 Å². The molecule has 0 saturated heterocycles. The molecule has 0 unspecified atom stereocenters. The fourth-order valence-electron chi connectivity index (χ4n) is 2.79. The van der Waals surface area contributed by atoms with E-state index >= 15 is 0 Å². The zero-order valence-corrected chi connectivity index (χ0v) is 15.8. The Hall–Kier alpha value is -2.95. The van der Waals surface area contributed by atoms with Gasteiger partial charge in [0, 0.05) is 0 Å². The second-order valence-electron chi connectivity index (χ2n) is 6.71. The van der Waals surface area contributed by atoms with Gasteiger partial charge in [0.1, 0.15) is 6.61 Å². The molecule has 134 valence electrons. The lowest BCUT2D eigenvalue weighted by Crippen LogP contribution is -2.09. The molecule has 0 bridgehead atoms. The third kappa shape index (κ3) is 3.52. The molecule has 0 aliphatic heterocycles. The van der Waals surface area contributed by atoms with Gasteiger partial charge >= 0.3 is 5.97 Å². The second kappa shape index (κ2) is 7.12. The normalized spacial score (nSPS) is 10.8. The van der Waals surface area contributed by atoms with Crippen LogP contribution in [0.15, 0.2) is 36.4 Å². The third-order valence-corrected chi connectivity index (χ3v) is 4.69. The molecule has 5 nitrogen and oxygen atoms in total. The van der Waals surface area contributed by atoms with Gasteiger partial charge in [0.15, 0.2) is 5.69 Å². The zero-order chi connectivity index (χ0) is 18.8. The summed E-state index contributed by atoms with van der Waals surface area (Å²) in [6.07, 6.45) is 0. The van der Waals surface area contributed by atoms with Crippen molar-refractivity contribution < 1.29 is 9.53 Å². The fourth-order valence-corrected chi connectivity index (χ4v) is 2.79. The fraction of sp³-hybridized carbons (Fsp3) is 0.286. The Morgan fingerprint density at radius 3 is 2.42 bits per heavy atom. The van der Waals surface area contributed by atoms with Crippen LogP contribution in [-0.2, 0) is 11.3 Å². The molecule has 1 aromatic heterocycles. The van der Waals surface area contributed by atoms with Gasteiger partial charge in [-0.2, -0.15) is 0 Å². The van der Waals surface area contributed by atoms with E-state index in [0.29, 0.717) is 5.69 Å². The smallest absolute Gasteiger partial charge is 0.361 e. The van der Waals surface area contributed by atoms with Crippen LogP contribution in [0.3, 0.4) is 0 Å². The van der Waals surface area contributed by atoms with Crippen molar-refractivity contribution in [3.05, 3.63) is 75.6 Å². The molecule has 0 amide bonds. The van der Waals surface area contributed by atoms with Gasteiger partial charge in [-0.1, -0.05) is 35.0 Å². The number of aromatic nitrogens is 3. The maximum atomic E-state index is 12.5. The average Bonchev–Trinajstić information content (AvgIpc) is 2.99. The molecule has 0 spiro atoms. The number of aryl methyl sites for hydroxylation is 4. The van der Waals surface area contributed by atoms with E-state index in [1.807, 2.05) is 64.1 Å². The molecule has 3 aromatic rings. The number of hydrogen-bond donors (Lipinski definition) is 0. The highest BCUT2D eigenvalue weighted by molar-refractivity contribution is 5.88. The van der Waals surface area contributed by atoms with Gasteiger partial charge in [-0.15, -0.1) is 5.10 Å². The lowest BCUT2D eigenvalue weighted by atomic mass is 10.1. The summed E-state index contributed by atoms with van der Waals surface area (Å²) in [5, 5.41) is 8.17. The predicted molar refractivity (Wildman–Crippen MR) is 101 cm³/mol. The topological polar surface area (TPSA) is 57.0 Å². The van der Waals surface area contributed by atoms with Crippen molar-refractivity contribution in [1.29, 1.82) is 0 Å². The highest BCUT2D eigenvalue weighted by Crippen LogP contribution is 2.18. The van der Waals surface area contributed by atoms with E-state index < -0.39 is 5.97 Å². The van der Waals surface area contributed by atoms with Crippen LogP contribution in [-0.4, -0.2) is 21.0 Å². The summed E-state index contributed by atoms with van der Waals surface area (Å²) in [5.41, 5.74) is 7.39. The van der Waals surface area contributed by atoms with E-state index in [2.05, 4.69) is 17.2 Å². The Kier molecular flexibility index (Phi) is 4.89. The molecular formula is C21H23N3O2. The van der Waals surface area contributed by atoms with Gasteiger partial charge in [0.2, 0.25) is 0 Å². The molecule has 1 heterocycles. The van der Waals surface area contributed by atoms with Gasteiger partial charge < -0.3 is 4.74 Å². The predicted octanol–water partition coefficient (Wildman–Crippen LogP) is 4.17. The van der Waals surface area contributed by atoms with Crippen molar-refractivity contribution in [2.24, 2.45) is 0 Å². The SMILES string of the molecule is Cc1ccc(C)c(COC(=O)c2nnn(-c3ccc(C)c(C)c3)c2C)c1. The maximum absolute atomic E-state index is 12.5. The Labute approximate surface area is 153 Å². The molecule has 2 aromatic carbocycles. The first-order chi connectivity index (χ1) is 12.4. The molecule has 0 N–H and O–H groups in total. The lowest BCUT2D eigenvalue weighted by Gasteiger charge is -2.08. The van der Waals surface area contributed by atoms with Crippen LogP contribution in [0.2, 0.25) is 0 Å². The molecule has 26 heavy (non-hydrogen) atoms. The molecule has 0 aliphatic carbocycles. The Morgan fingerprint density at radius 2 is 1.69 bits per heavy atom. The van der Waals surface area contributed by atoms with E-state index in [1.54, 1.807) is 4.68 Å². The summed E-state index contributed by atoms with van der Waals surface area (Å²) in [7, 11) is 0. The van der Waals surface area contributed by atoms with E-state index in [0.717, 1.165) is 27.9 Å². The number of ether oxygens (including phenoxy) is 1. The quantitative estimate of drug-likeness (QED) is 0.664. The molecule has 0 aliphatic rings. The maximum Gasteiger partial charge on any atom is 0.361 e. The van der Waals surface area contributed by atoms with Gasteiger partial charge in [-0.25, -0.2) is 9.48 Å². The second-order valence-corrected chi connectivity index (χ2v) is 6.71. The Bertz CT molecular complexity index is 973. The number of carbonyl (C=O) groups is 1. The molecule has 3 rings (SSSR count). The van der Waals surface area contributed by atoms with Gasteiger partial charge in [-0.3, -0.25) is 0 Å². The number of rotatable bonds is 4. The first-order valence-electron chi connectivity index (χ1n) is 8.60. The van der Waals surface area contributed by atoms with Crippen molar-refractivity contribution in [3.8, 4) is 5.69 Å². The van der Waals surface area contributed by atoms with Crippen molar-refractivity contribution in [1.82, 2.24) is 15.0 Å². The van der Waals surface area contributed by atoms with Gasteiger partial charge in [-0.05, 0) is 69.0 Å². The van der Waals surface area contributed by atoms with Crippen molar-refractivity contribution in [2.45, 2.75) is 41.2 Å². The standard InChI is InChI=1S/C21H23N3O2/c1-13-6-7-15(3)18(10-13)12-26-21(25)20-17(5)24(23-22-20)19-9-8-14(2)16(4)11-19/h6-11H,12H2,1-5H3. The minimum atomic E-state index is -0.460. The number of benzene rings is 2. The molecule has 0 fully saturated rings. The molecule has 0 saturated carbocycles. The van der Waals surface area contributed by atoms with Crippen molar-refractivity contribution in [3.63, 3.8) is 0 Å². The van der Waals surface area contributed by atoms with Crippen LogP contribution >= 0.6 is 0 Å². The number of carbonyl (C=O) groups excluding carboxylic acids is 1. The average molecular weight is 349 g/mol. The zero-order valence-electron chi connectivity index (χ0n) is 15.8. The third-order valence-electron chi connectivity index (χ3n) is 4.69. The van der Waals surface area contributed by atoms with E-state index in [9.17, 15) is 4.79 Å². The van der Waals surface area contributed by atoms with Gasteiger partial charge in [0.25, 0.3) is 0 Å². The lowest BCUT2D eigenvalue weighted by molar-refractivity contribution is 0.0464. The van der Waals surface area contributed by atoms with Crippen LogP contribution in [0.1, 0.15) is 44.0 Å². The van der Waals surface area contributed by atoms with E-state index in [4.69, 9.17) is 4.74 Å². The van der Waals surface area contributed by atoms with E-state index in [1.165, 1.54) is 5.56 Å². The Morgan fingerprint density at radius 1 is 0.962 bits per heavy atom. The monoisotopic (exact) mass is 349 g/mol. The Balaban J connectivity index is 1.79.